The van der Waals surface area contributed by atoms with E-state index in [0.717, 1.165) is 12.8 Å². The van der Waals surface area contributed by atoms with Gasteiger partial charge in [0.05, 0.1) is 6.61 Å². The Morgan fingerprint density at radius 3 is 2.81 bits per heavy atom. The second-order valence-corrected chi connectivity index (χ2v) is 4.31. The smallest absolute Gasteiger partial charge is 0.242 e. The first-order chi connectivity index (χ1) is 7.63. The van der Waals surface area contributed by atoms with Crippen molar-refractivity contribution < 1.29 is 9.53 Å². The van der Waals surface area contributed by atoms with Crippen molar-refractivity contribution >= 4 is 23.2 Å². The van der Waals surface area contributed by atoms with Crippen LogP contribution in [0.15, 0.2) is 0 Å². The van der Waals surface area contributed by atoms with Crippen molar-refractivity contribution in [2.45, 2.75) is 31.8 Å². The maximum atomic E-state index is 11.5. The van der Waals surface area contributed by atoms with Gasteiger partial charge in [0.2, 0.25) is 5.91 Å². The Morgan fingerprint density at radius 2 is 2.25 bits per heavy atom. The lowest BCUT2D eigenvalue weighted by Gasteiger charge is -2.16. The molecule has 0 heterocycles. The molecular formula is C10H19N3O2S. The van der Waals surface area contributed by atoms with Crippen LogP contribution in [0.4, 0.5) is 0 Å². The molecule has 1 saturated carbocycles. The van der Waals surface area contributed by atoms with Crippen LogP contribution < -0.4 is 16.0 Å². The van der Waals surface area contributed by atoms with Crippen molar-refractivity contribution in [1.29, 1.82) is 0 Å². The lowest BCUT2D eigenvalue weighted by atomic mass is 10.3. The summed E-state index contributed by atoms with van der Waals surface area (Å²) in [6, 6.07) is 0.180. The van der Waals surface area contributed by atoms with Crippen LogP contribution in [0.25, 0.3) is 0 Å². The Kier molecular flexibility index (Phi) is 5.48. The minimum atomic E-state index is -0.324. The first-order valence-electron chi connectivity index (χ1n) is 5.47. The van der Waals surface area contributed by atoms with E-state index < -0.39 is 0 Å². The van der Waals surface area contributed by atoms with Gasteiger partial charge in [-0.2, -0.15) is 0 Å². The number of amides is 1. The molecule has 16 heavy (non-hydrogen) atoms. The van der Waals surface area contributed by atoms with Gasteiger partial charge in [-0.25, -0.2) is 0 Å². The molecule has 0 aromatic carbocycles. The maximum absolute atomic E-state index is 11.5. The zero-order valence-electron chi connectivity index (χ0n) is 9.71. The molecule has 0 bridgehead atoms. The third-order valence-corrected chi connectivity index (χ3v) is 2.49. The molecular weight excluding hydrogens is 226 g/mol. The van der Waals surface area contributed by atoms with Crippen LogP contribution in [0.1, 0.15) is 19.8 Å². The van der Waals surface area contributed by atoms with Gasteiger partial charge in [-0.15, -0.1) is 0 Å². The van der Waals surface area contributed by atoms with Crippen LogP contribution in [-0.2, 0) is 9.53 Å². The van der Waals surface area contributed by atoms with Gasteiger partial charge in [-0.05, 0) is 32.0 Å². The Labute approximate surface area is 101 Å². The molecule has 0 aromatic heterocycles. The number of thiocarbonyl (C=S) groups is 1. The molecule has 1 aliphatic rings. The molecule has 5 nitrogen and oxygen atoms in total. The summed E-state index contributed by atoms with van der Waals surface area (Å²) in [6.45, 7) is 2.82. The Hall–Kier alpha value is -0.880. The van der Waals surface area contributed by atoms with Gasteiger partial charge in [0.25, 0.3) is 0 Å². The molecule has 0 aliphatic heterocycles. The number of nitrogens with one attached hydrogen (secondary N) is 3. The van der Waals surface area contributed by atoms with Crippen molar-refractivity contribution in [3.63, 3.8) is 0 Å². The fourth-order valence-electron chi connectivity index (χ4n) is 1.15. The second-order valence-electron chi connectivity index (χ2n) is 3.90. The number of carbonyl (C=O) groups excluding carboxylic acids is 1. The molecule has 1 atom stereocenters. The molecule has 0 aromatic rings. The van der Waals surface area contributed by atoms with Gasteiger partial charge in [-0.1, -0.05) is 0 Å². The van der Waals surface area contributed by atoms with E-state index in [1.807, 2.05) is 0 Å². The predicted molar refractivity (Wildman–Crippen MR) is 66.2 cm³/mol. The predicted octanol–water partition coefficient (Wildman–Crippen LogP) is -0.236. The van der Waals surface area contributed by atoms with Crippen LogP contribution in [0.2, 0.25) is 0 Å². The van der Waals surface area contributed by atoms with Crippen LogP contribution in [0.3, 0.4) is 0 Å². The fourth-order valence-corrected chi connectivity index (χ4v) is 1.49. The lowest BCUT2D eigenvalue weighted by molar-refractivity contribution is -0.122. The van der Waals surface area contributed by atoms with E-state index in [2.05, 4.69) is 16.0 Å². The average Bonchev–Trinajstić information content (AvgIpc) is 3.01. The molecule has 3 N–H and O–H groups in total. The van der Waals surface area contributed by atoms with E-state index in [-0.39, 0.29) is 11.9 Å². The van der Waals surface area contributed by atoms with Crippen molar-refractivity contribution in [3.05, 3.63) is 0 Å². The normalized spacial score (nSPS) is 16.4. The summed E-state index contributed by atoms with van der Waals surface area (Å²) in [4.78, 5) is 11.5. The zero-order valence-corrected chi connectivity index (χ0v) is 10.5. The van der Waals surface area contributed by atoms with E-state index in [1.54, 1.807) is 14.0 Å². The van der Waals surface area contributed by atoms with E-state index in [0.29, 0.717) is 24.3 Å². The number of hydrogen-bond acceptors (Lipinski definition) is 3. The van der Waals surface area contributed by atoms with E-state index in [1.165, 1.54) is 0 Å². The molecule has 1 rings (SSSR count). The summed E-state index contributed by atoms with van der Waals surface area (Å²) in [7, 11) is 1.60. The number of ether oxygens (including phenoxy) is 1. The molecule has 1 fully saturated rings. The topological polar surface area (TPSA) is 62.4 Å². The Bertz CT molecular complexity index is 256. The van der Waals surface area contributed by atoms with Crippen LogP contribution in [-0.4, -0.2) is 43.4 Å². The van der Waals surface area contributed by atoms with Crippen molar-refractivity contribution in [1.82, 2.24) is 16.0 Å². The van der Waals surface area contributed by atoms with Gasteiger partial charge in [0, 0.05) is 19.7 Å². The van der Waals surface area contributed by atoms with Crippen molar-refractivity contribution in [2.24, 2.45) is 0 Å². The van der Waals surface area contributed by atoms with E-state index >= 15 is 0 Å². The number of hydrogen-bond donors (Lipinski definition) is 3. The first kappa shape index (κ1) is 13.2. The van der Waals surface area contributed by atoms with Gasteiger partial charge in [-0.3, -0.25) is 4.79 Å². The highest BCUT2D eigenvalue weighted by Crippen LogP contribution is 2.18. The highest BCUT2D eigenvalue weighted by atomic mass is 32.1. The maximum Gasteiger partial charge on any atom is 0.242 e. The monoisotopic (exact) mass is 245 g/mol. The molecule has 1 aliphatic carbocycles. The van der Waals surface area contributed by atoms with Gasteiger partial charge >= 0.3 is 0 Å². The number of carbonyl (C=O) groups is 1. The Balaban J connectivity index is 2.13. The number of rotatable bonds is 6. The molecule has 1 unspecified atom stereocenters. The third-order valence-electron chi connectivity index (χ3n) is 2.26. The molecule has 0 radical (unpaired) electrons. The Morgan fingerprint density at radius 1 is 1.56 bits per heavy atom. The molecule has 92 valence electrons. The molecule has 6 heteroatoms. The van der Waals surface area contributed by atoms with Crippen LogP contribution in [0.5, 0.6) is 0 Å². The average molecular weight is 245 g/mol. The van der Waals surface area contributed by atoms with Gasteiger partial charge in [0.1, 0.15) is 6.04 Å². The van der Waals surface area contributed by atoms with E-state index in [4.69, 9.17) is 17.0 Å². The highest BCUT2D eigenvalue weighted by molar-refractivity contribution is 7.80. The molecule has 0 spiro atoms. The summed E-state index contributed by atoms with van der Waals surface area (Å²) in [5, 5.41) is 9.36. The van der Waals surface area contributed by atoms with Crippen molar-refractivity contribution in [3.8, 4) is 0 Å². The zero-order chi connectivity index (χ0) is 12.0. The molecule has 0 saturated heterocycles. The quantitative estimate of drug-likeness (QED) is 0.445. The first-order valence-corrected chi connectivity index (χ1v) is 5.88. The second kappa shape index (κ2) is 6.65. The minimum Gasteiger partial charge on any atom is -0.383 e. The summed E-state index contributed by atoms with van der Waals surface area (Å²) in [6.07, 6.45) is 2.33. The van der Waals surface area contributed by atoms with E-state index in [9.17, 15) is 4.79 Å². The minimum absolute atomic E-state index is 0.0722. The lowest BCUT2D eigenvalue weighted by Crippen LogP contribution is -2.49. The fraction of sp³-hybridized carbons (Fsp3) is 0.800. The molecule has 1 amide bonds. The highest BCUT2D eigenvalue weighted by Gasteiger charge is 2.23. The SMILES string of the molecule is COCCNC(=O)C(C)NC(=S)NC1CC1. The standard InChI is InChI=1S/C10H19N3O2S/c1-7(9(14)11-5-6-15-2)12-10(16)13-8-3-4-8/h7-8H,3-6H2,1-2H3,(H,11,14)(H2,12,13,16). The van der Waals surface area contributed by atoms with Crippen molar-refractivity contribution in [2.75, 3.05) is 20.3 Å². The largest absolute Gasteiger partial charge is 0.383 e. The van der Waals surface area contributed by atoms with Gasteiger partial charge in [0.15, 0.2) is 5.11 Å². The summed E-state index contributed by atoms with van der Waals surface area (Å²) in [5.74, 6) is -0.0722. The third kappa shape index (κ3) is 5.27. The van der Waals surface area contributed by atoms with Crippen LogP contribution in [0, 0.1) is 0 Å². The summed E-state index contributed by atoms with van der Waals surface area (Å²) in [5.41, 5.74) is 0. The number of methoxy groups -OCH3 is 1. The summed E-state index contributed by atoms with van der Waals surface area (Å²) < 4.78 is 4.84. The van der Waals surface area contributed by atoms with Crippen LogP contribution >= 0.6 is 12.2 Å². The summed E-state index contributed by atoms with van der Waals surface area (Å²) >= 11 is 5.07. The van der Waals surface area contributed by atoms with Gasteiger partial charge < -0.3 is 20.7 Å².